The van der Waals surface area contributed by atoms with E-state index in [-0.39, 0.29) is 0 Å². The Hall–Kier alpha value is -2.41. The van der Waals surface area contributed by atoms with Crippen LogP contribution in [0.15, 0.2) is 54.6 Å². The molecule has 0 bridgehead atoms. The topological polar surface area (TPSA) is 22.3 Å². The van der Waals surface area contributed by atoms with Crippen LogP contribution in [0.1, 0.15) is 102 Å². The molecule has 0 unspecified atom stereocenters. The van der Waals surface area contributed by atoms with Crippen molar-refractivity contribution >= 4 is 42.5 Å². The maximum absolute atomic E-state index is 11.2. The van der Waals surface area contributed by atoms with E-state index in [9.17, 15) is 16.9 Å². The zero-order valence-corrected chi connectivity index (χ0v) is 28.8. The number of rotatable bonds is 18. The van der Waals surface area contributed by atoms with Crippen molar-refractivity contribution in [2.75, 3.05) is 13.2 Å². The molecule has 0 aliphatic heterocycles. The van der Waals surface area contributed by atoms with Gasteiger partial charge in [-0.15, -0.1) is 0 Å². The van der Waals surface area contributed by atoms with Crippen molar-refractivity contribution in [3.63, 3.8) is 0 Å². The molecule has 2 aromatic carbocycles. The zero-order valence-electron chi connectivity index (χ0n) is 26.2. The average Bonchev–Trinajstić information content (AvgIpc) is 2.95. The van der Waals surface area contributed by atoms with Gasteiger partial charge in [-0.2, -0.15) is 4.57 Å². The van der Waals surface area contributed by atoms with Crippen LogP contribution in [0.4, 0.5) is 16.9 Å². The van der Waals surface area contributed by atoms with Gasteiger partial charge in [0.25, 0.3) is 0 Å². The first-order valence-electron chi connectivity index (χ1n) is 15.7. The van der Waals surface area contributed by atoms with Gasteiger partial charge in [-0.25, -0.2) is 0 Å². The molecule has 0 aliphatic rings. The minimum atomic E-state index is -11.2. The number of unbranched alkanes of at least 4 members (excludes halogenated alkanes) is 10. The Morgan fingerprint density at radius 1 is 0.636 bits per heavy atom. The van der Waals surface area contributed by atoms with Crippen molar-refractivity contribution < 1.29 is 30.9 Å². The van der Waals surface area contributed by atoms with E-state index in [0.717, 1.165) is 48.8 Å². The molecule has 0 amide bonds. The van der Waals surface area contributed by atoms with Gasteiger partial charge >= 0.3 is 36.4 Å². The molecule has 0 spiro atoms. The number of para-hydroxylation sites is 1. The third kappa shape index (κ3) is 17.8. The van der Waals surface area contributed by atoms with Gasteiger partial charge in [0.2, 0.25) is 11.2 Å². The van der Waals surface area contributed by atoms with Crippen LogP contribution in [0.3, 0.4) is 0 Å². The molecule has 0 saturated carbocycles. The number of hydrogen-bond donors (Lipinski definition) is 0. The Bertz CT molecular complexity index is 1300. The van der Waals surface area contributed by atoms with Gasteiger partial charge in [-0.05, 0) is 43.2 Å². The number of hydrogen-bond acceptors (Lipinski definition) is 2. The summed E-state index contributed by atoms with van der Waals surface area (Å²) in [5.74, 6) is 1.81. The van der Waals surface area contributed by atoms with E-state index in [1.807, 2.05) is 0 Å². The molecular formula is C34H48F6NO2Sb. The second-order valence-corrected chi connectivity index (χ2v) is 16.6. The number of pyridine rings is 1. The van der Waals surface area contributed by atoms with Crippen LogP contribution in [0, 0.1) is 0 Å². The van der Waals surface area contributed by atoms with Crippen LogP contribution in [0.2, 0.25) is 0 Å². The summed E-state index contributed by atoms with van der Waals surface area (Å²) in [6.45, 7) is 6.04. The molecule has 44 heavy (non-hydrogen) atoms. The Labute approximate surface area is 261 Å². The second kappa shape index (κ2) is 17.3. The molecule has 10 heteroatoms. The molecule has 0 radical (unpaired) electrons. The SMILES string of the molecule is CCCCCCCCOc1ccc(/C=C/c2ccc3ccccc3[n+]2C)c(OCCCCCCCC)c1.[F][Sb-]([F])([F])([F])([F])[F]. The zero-order chi connectivity index (χ0) is 32.5. The number of fused-ring (bicyclic) bond motifs is 1. The molecule has 1 aromatic heterocycles. The predicted molar refractivity (Wildman–Crippen MR) is 171 cm³/mol. The summed E-state index contributed by atoms with van der Waals surface area (Å²) in [5, 5.41) is 1.25. The molecule has 0 saturated heterocycles. The van der Waals surface area contributed by atoms with Gasteiger partial charge < -0.3 is 9.47 Å². The molecular weight excluding hydrogens is 690 g/mol. The third-order valence-corrected chi connectivity index (χ3v) is 7.06. The number of nitrogens with zero attached hydrogens (tertiary/aromatic N) is 1. The first kappa shape index (κ1) is 37.8. The maximum atomic E-state index is 9.93. The summed E-state index contributed by atoms with van der Waals surface area (Å²) in [7, 11) is 2.12. The monoisotopic (exact) mass is 737 g/mol. The van der Waals surface area contributed by atoms with Crippen LogP contribution >= 0.6 is 0 Å². The minimum absolute atomic E-state index is 0.748. The van der Waals surface area contributed by atoms with Crippen molar-refractivity contribution in [2.45, 2.75) is 90.9 Å². The first-order valence-corrected chi connectivity index (χ1v) is 21.5. The molecule has 248 valence electrons. The normalized spacial score (nSPS) is 13.3. The van der Waals surface area contributed by atoms with Gasteiger partial charge in [-0.3, -0.25) is 0 Å². The number of aromatic nitrogens is 1. The van der Waals surface area contributed by atoms with Gasteiger partial charge in [0.15, 0.2) is 0 Å². The number of ether oxygens (including phenoxy) is 2. The molecule has 3 rings (SSSR count). The van der Waals surface area contributed by atoms with Crippen molar-refractivity contribution in [1.82, 2.24) is 0 Å². The molecule has 0 fully saturated rings. The fourth-order valence-electron chi connectivity index (χ4n) is 4.71. The van der Waals surface area contributed by atoms with Gasteiger partial charge in [0, 0.05) is 35.2 Å². The molecule has 1 heterocycles. The Morgan fingerprint density at radius 2 is 1.18 bits per heavy atom. The van der Waals surface area contributed by atoms with E-state index in [2.05, 4.69) is 92.2 Å². The van der Waals surface area contributed by atoms with E-state index in [0.29, 0.717) is 0 Å². The van der Waals surface area contributed by atoms with Gasteiger partial charge in [0.1, 0.15) is 18.5 Å². The number of aryl methyl sites for hydroxylation is 1. The molecule has 0 atom stereocenters. The fourth-order valence-corrected chi connectivity index (χ4v) is 4.71. The summed E-state index contributed by atoms with van der Waals surface area (Å²) in [6.07, 6.45) is 19.5. The Morgan fingerprint density at radius 3 is 1.80 bits per heavy atom. The van der Waals surface area contributed by atoms with Crippen molar-refractivity contribution in [3.8, 4) is 11.5 Å². The van der Waals surface area contributed by atoms with E-state index in [1.165, 1.54) is 75.1 Å². The average molecular weight is 739 g/mol. The molecule has 0 aliphatic carbocycles. The van der Waals surface area contributed by atoms with Crippen LogP contribution in [0.5, 0.6) is 11.5 Å². The van der Waals surface area contributed by atoms with Crippen LogP contribution < -0.4 is 14.0 Å². The molecule has 3 aromatic rings. The Kier molecular flexibility index (Phi) is 14.9. The Balaban J connectivity index is 0.000000860. The molecule has 0 N–H and O–H groups in total. The van der Waals surface area contributed by atoms with Crippen molar-refractivity contribution in [2.24, 2.45) is 7.05 Å². The molecule has 3 nitrogen and oxygen atoms in total. The second-order valence-electron chi connectivity index (χ2n) is 11.1. The predicted octanol–water partition coefficient (Wildman–Crippen LogP) is 11.5. The van der Waals surface area contributed by atoms with E-state index >= 15 is 0 Å². The van der Waals surface area contributed by atoms with Crippen LogP contribution in [-0.4, -0.2) is 32.7 Å². The quantitative estimate of drug-likeness (QED) is 0.0561. The van der Waals surface area contributed by atoms with Crippen LogP contribution in [-0.2, 0) is 7.05 Å². The summed E-state index contributed by atoms with van der Waals surface area (Å²) < 4.78 is 74.2. The van der Waals surface area contributed by atoms with Crippen LogP contribution in [0.25, 0.3) is 23.1 Å². The van der Waals surface area contributed by atoms with Gasteiger partial charge in [0.05, 0.1) is 13.2 Å². The first-order chi connectivity index (χ1) is 20.7. The summed E-state index contributed by atoms with van der Waals surface area (Å²) >= 11 is -11.2. The van der Waals surface area contributed by atoms with Crippen molar-refractivity contribution in [3.05, 3.63) is 65.9 Å². The third-order valence-electron chi connectivity index (χ3n) is 7.06. The van der Waals surface area contributed by atoms with E-state index in [4.69, 9.17) is 9.47 Å². The van der Waals surface area contributed by atoms with Crippen molar-refractivity contribution in [1.29, 1.82) is 0 Å². The summed E-state index contributed by atoms with van der Waals surface area (Å²) in [4.78, 5) is 0. The number of benzene rings is 2. The summed E-state index contributed by atoms with van der Waals surface area (Å²) in [6, 6.07) is 19.1. The van der Waals surface area contributed by atoms with E-state index in [1.54, 1.807) is 0 Å². The van der Waals surface area contributed by atoms with E-state index < -0.39 is 19.5 Å². The van der Waals surface area contributed by atoms with Gasteiger partial charge in [-0.1, -0.05) is 90.2 Å². The summed E-state index contributed by atoms with van der Waals surface area (Å²) in [5.41, 5.74) is 3.47. The standard InChI is InChI=1S/C34H48NO2.6FH.Sb/c1-4-6-8-10-12-16-26-36-32-25-22-30(34(28-32)37-27-17-13-11-9-7-5-2)21-24-31-23-20-29-18-14-15-19-33(29)35(31)3;;;;;;;/h14-15,18-25,28H,4-13,16-17,26-27H2,1-3H3;6*1H;/q+1;;;;;;;+5/p-6/b24-21+;;;;;;;. The fraction of sp³-hybridized carbons (Fsp3) is 0.500. The number of halogens is 6.